The van der Waals surface area contributed by atoms with Gasteiger partial charge in [-0.25, -0.2) is 38.7 Å². The summed E-state index contributed by atoms with van der Waals surface area (Å²) in [5.74, 6) is -4.11. The molecule has 3 rings (SSSR count). The van der Waals surface area contributed by atoms with E-state index in [1.165, 1.54) is 72.8 Å². The van der Waals surface area contributed by atoms with Crippen LogP contribution in [-0.2, 0) is 19.6 Å². The summed E-state index contributed by atoms with van der Waals surface area (Å²) >= 11 is 0. The Hall–Kier alpha value is -5.12. The van der Waals surface area contributed by atoms with Crippen LogP contribution in [0.2, 0.25) is 0 Å². The van der Waals surface area contributed by atoms with Crippen LogP contribution in [0.5, 0.6) is 11.5 Å². The molecule has 0 atom stereocenters. The van der Waals surface area contributed by atoms with Crippen LogP contribution in [0, 0.1) is 0 Å². The summed E-state index contributed by atoms with van der Waals surface area (Å²) < 4.78 is 0. The number of phenols is 2. The zero-order valence-corrected chi connectivity index (χ0v) is 17.3. The maximum Gasteiger partial charge on any atom is 0.386 e. The largest absolute Gasteiger partial charge is 0.508 e. The van der Waals surface area contributed by atoms with Crippen LogP contribution < -0.4 is 0 Å². The lowest BCUT2D eigenvalue weighted by atomic mass is 10.1. The predicted octanol–water partition coefficient (Wildman–Crippen LogP) is 3.60. The van der Waals surface area contributed by atoms with Gasteiger partial charge in [-0.2, -0.15) is 0 Å². The molecular formula is C24H16O10. The number of carbonyl (C=O) groups excluding carboxylic acids is 4. The zero-order chi connectivity index (χ0) is 24.7. The molecule has 0 aliphatic heterocycles. The van der Waals surface area contributed by atoms with Crippen LogP contribution in [-0.4, -0.2) is 34.1 Å². The first kappa shape index (κ1) is 23.5. The third-order valence-electron chi connectivity index (χ3n) is 4.32. The minimum Gasteiger partial charge on any atom is -0.508 e. The fourth-order valence-corrected chi connectivity index (χ4v) is 2.59. The van der Waals surface area contributed by atoms with Gasteiger partial charge in [0.25, 0.3) is 0 Å². The highest BCUT2D eigenvalue weighted by molar-refractivity contribution is 5.96. The van der Waals surface area contributed by atoms with Gasteiger partial charge in [-0.3, -0.25) is 0 Å². The van der Waals surface area contributed by atoms with Crippen molar-refractivity contribution in [3.05, 3.63) is 101 Å². The summed E-state index contributed by atoms with van der Waals surface area (Å²) in [6.45, 7) is 3.52. The van der Waals surface area contributed by atoms with Crippen LogP contribution in [0.15, 0.2) is 73.3 Å². The lowest BCUT2D eigenvalue weighted by Crippen LogP contribution is -2.14. The SMILES string of the molecule is C=Cc1cc(O)ccc1C(=O)OOC(=O)c1ccc(C(=O)OOC(=O)c2ccc(O)cc2)cc1. The van der Waals surface area contributed by atoms with Crippen LogP contribution in [0.1, 0.15) is 47.0 Å². The molecule has 0 radical (unpaired) electrons. The molecule has 0 unspecified atom stereocenters. The van der Waals surface area contributed by atoms with Gasteiger partial charge in [0, 0.05) is 0 Å². The fraction of sp³-hybridized carbons (Fsp3) is 0. The Morgan fingerprint density at radius 3 is 1.41 bits per heavy atom. The second kappa shape index (κ2) is 10.5. The Bertz CT molecular complexity index is 1240. The maximum atomic E-state index is 12.1. The second-order valence-corrected chi connectivity index (χ2v) is 6.58. The summed E-state index contributed by atoms with van der Waals surface area (Å²) in [6, 6.07) is 13.7. The molecule has 3 aromatic carbocycles. The van der Waals surface area contributed by atoms with Crippen molar-refractivity contribution in [2.45, 2.75) is 0 Å². The number of hydrogen-bond donors (Lipinski definition) is 2. The van der Waals surface area contributed by atoms with Crippen LogP contribution in [0.4, 0.5) is 0 Å². The first-order valence-corrected chi connectivity index (χ1v) is 9.49. The predicted molar refractivity (Wildman–Crippen MR) is 114 cm³/mol. The fourth-order valence-electron chi connectivity index (χ4n) is 2.59. The number of carbonyl (C=O) groups is 4. The molecule has 34 heavy (non-hydrogen) atoms. The molecule has 0 bridgehead atoms. The zero-order valence-electron chi connectivity index (χ0n) is 17.3. The molecule has 0 fully saturated rings. The molecule has 0 saturated heterocycles. The van der Waals surface area contributed by atoms with Gasteiger partial charge < -0.3 is 10.2 Å². The Balaban J connectivity index is 1.54. The Kier molecular flexibility index (Phi) is 7.24. The molecule has 0 amide bonds. The molecule has 10 heteroatoms. The number of benzene rings is 3. The number of hydrogen-bond acceptors (Lipinski definition) is 10. The van der Waals surface area contributed by atoms with Gasteiger partial charge in [0.2, 0.25) is 0 Å². The highest BCUT2D eigenvalue weighted by atomic mass is 17.2. The lowest BCUT2D eigenvalue weighted by Gasteiger charge is -2.07. The van der Waals surface area contributed by atoms with Gasteiger partial charge in [-0.1, -0.05) is 12.7 Å². The van der Waals surface area contributed by atoms with E-state index in [2.05, 4.69) is 26.1 Å². The van der Waals surface area contributed by atoms with Crippen molar-refractivity contribution < 1.29 is 48.9 Å². The number of phenolic OH excluding ortho intramolecular Hbond substituents is 2. The molecule has 0 heterocycles. The average Bonchev–Trinajstić information content (AvgIpc) is 2.85. The Morgan fingerprint density at radius 2 is 0.971 bits per heavy atom. The molecule has 3 aromatic rings. The van der Waals surface area contributed by atoms with Crippen molar-refractivity contribution >= 4 is 30.0 Å². The van der Waals surface area contributed by atoms with Crippen molar-refractivity contribution in [1.82, 2.24) is 0 Å². The third-order valence-corrected chi connectivity index (χ3v) is 4.32. The first-order chi connectivity index (χ1) is 16.3. The Labute approximate surface area is 192 Å². The normalized spacial score (nSPS) is 10.0. The molecule has 0 spiro atoms. The molecule has 0 saturated carbocycles. The lowest BCUT2D eigenvalue weighted by molar-refractivity contribution is -0.187. The highest BCUT2D eigenvalue weighted by Gasteiger charge is 2.18. The van der Waals surface area contributed by atoms with Gasteiger partial charge in [-0.15, -0.1) is 0 Å². The summed E-state index contributed by atoms with van der Waals surface area (Å²) in [5, 5.41) is 18.7. The molecule has 0 aromatic heterocycles. The van der Waals surface area contributed by atoms with Crippen molar-refractivity contribution in [3.63, 3.8) is 0 Å². The monoisotopic (exact) mass is 464 g/mol. The van der Waals surface area contributed by atoms with Gasteiger partial charge in [0.15, 0.2) is 0 Å². The second-order valence-electron chi connectivity index (χ2n) is 6.58. The maximum absolute atomic E-state index is 12.1. The molecule has 2 N–H and O–H groups in total. The first-order valence-electron chi connectivity index (χ1n) is 9.49. The van der Waals surface area contributed by atoms with Gasteiger partial charge in [-0.05, 0) is 72.3 Å². The quantitative estimate of drug-likeness (QED) is 0.424. The minimum atomic E-state index is -1.02. The van der Waals surface area contributed by atoms with Crippen LogP contribution >= 0.6 is 0 Å². The van der Waals surface area contributed by atoms with Gasteiger partial charge in [0.05, 0.1) is 22.3 Å². The van der Waals surface area contributed by atoms with E-state index in [4.69, 9.17) is 0 Å². The van der Waals surface area contributed by atoms with Crippen molar-refractivity contribution in [3.8, 4) is 11.5 Å². The number of rotatable bonds is 5. The van der Waals surface area contributed by atoms with E-state index in [0.717, 1.165) is 0 Å². The summed E-state index contributed by atoms with van der Waals surface area (Å²) in [6.07, 6.45) is 1.32. The van der Waals surface area contributed by atoms with Gasteiger partial charge in [0.1, 0.15) is 11.5 Å². The van der Waals surface area contributed by atoms with E-state index < -0.39 is 23.9 Å². The van der Waals surface area contributed by atoms with E-state index in [1.54, 1.807) is 0 Å². The van der Waals surface area contributed by atoms with Crippen LogP contribution in [0.25, 0.3) is 6.08 Å². The van der Waals surface area contributed by atoms with Gasteiger partial charge >= 0.3 is 23.9 Å². The van der Waals surface area contributed by atoms with Crippen molar-refractivity contribution in [2.24, 2.45) is 0 Å². The molecule has 10 nitrogen and oxygen atoms in total. The molecule has 172 valence electrons. The molecule has 0 aliphatic carbocycles. The number of aromatic hydroxyl groups is 2. The molecular weight excluding hydrogens is 448 g/mol. The summed E-state index contributed by atoms with van der Waals surface area (Å²) in [5.41, 5.74) is 0.230. The highest BCUT2D eigenvalue weighted by Crippen LogP contribution is 2.19. The van der Waals surface area contributed by atoms with E-state index in [-0.39, 0.29) is 39.3 Å². The smallest absolute Gasteiger partial charge is 0.386 e. The van der Waals surface area contributed by atoms with E-state index in [1.807, 2.05) is 0 Å². The summed E-state index contributed by atoms with van der Waals surface area (Å²) in [7, 11) is 0. The van der Waals surface area contributed by atoms with E-state index in [0.29, 0.717) is 0 Å². The van der Waals surface area contributed by atoms with E-state index >= 15 is 0 Å². The topological polar surface area (TPSA) is 146 Å². The van der Waals surface area contributed by atoms with Crippen molar-refractivity contribution in [2.75, 3.05) is 0 Å². The summed E-state index contributed by atoms with van der Waals surface area (Å²) in [4.78, 5) is 66.0. The van der Waals surface area contributed by atoms with Crippen molar-refractivity contribution in [1.29, 1.82) is 0 Å². The molecule has 0 aliphatic rings. The standard InChI is InChI=1S/C24H16O10/c1-2-14-13-19(26)11-12-20(14)24(30)34-33-22(28)16-5-3-15(4-6-16)21(27)31-32-23(29)17-7-9-18(25)10-8-17/h2-13,25-26H,1H2. The van der Waals surface area contributed by atoms with E-state index in [9.17, 15) is 29.4 Å². The van der Waals surface area contributed by atoms with Crippen LogP contribution in [0.3, 0.4) is 0 Å². The minimum absolute atomic E-state index is 0.0144. The average molecular weight is 464 g/mol. The third kappa shape index (κ3) is 5.77. The Morgan fingerprint density at radius 1 is 0.588 bits per heavy atom.